The van der Waals surface area contributed by atoms with Crippen LogP contribution in [0.3, 0.4) is 0 Å². The van der Waals surface area contributed by atoms with E-state index in [1.165, 1.54) is 6.07 Å². The van der Waals surface area contributed by atoms with E-state index in [-0.39, 0.29) is 23.0 Å². The van der Waals surface area contributed by atoms with E-state index in [9.17, 15) is 10.1 Å². The van der Waals surface area contributed by atoms with Gasteiger partial charge in [0.15, 0.2) is 0 Å². The van der Waals surface area contributed by atoms with Gasteiger partial charge in [-0.3, -0.25) is 15.0 Å². The molecule has 0 fully saturated rings. The summed E-state index contributed by atoms with van der Waals surface area (Å²) in [6.07, 6.45) is 5.51. The first kappa shape index (κ1) is 18.7. The summed E-state index contributed by atoms with van der Waals surface area (Å²) in [4.78, 5) is 12.8. The lowest BCUT2D eigenvalue weighted by Gasteiger charge is -2.13. The highest BCUT2D eigenvalue weighted by Gasteiger charge is 2.10. The number of nitro groups is 1. The van der Waals surface area contributed by atoms with Crippen molar-refractivity contribution in [3.8, 4) is 0 Å². The van der Waals surface area contributed by atoms with Crippen LogP contribution < -0.4 is 0 Å². The third kappa shape index (κ3) is 4.47. The molecule has 0 aliphatic rings. The minimum atomic E-state index is -0.360. The normalized spacial score (nSPS) is 11.1. The van der Waals surface area contributed by atoms with Gasteiger partial charge in [0.05, 0.1) is 16.7 Å². The Balaban J connectivity index is 0.00000225. The zero-order valence-electron chi connectivity index (χ0n) is 13.8. The molecule has 0 bridgehead atoms. The van der Waals surface area contributed by atoms with E-state index < -0.39 is 0 Å². The Labute approximate surface area is 152 Å². The predicted octanol–water partition coefficient (Wildman–Crippen LogP) is 4.91. The van der Waals surface area contributed by atoms with E-state index in [2.05, 4.69) is 4.90 Å². The maximum atomic E-state index is 11.0. The van der Waals surface area contributed by atoms with Crippen LogP contribution in [0.5, 0.6) is 0 Å². The first-order valence-electron chi connectivity index (χ1n) is 7.69. The second kappa shape index (κ2) is 8.46. The fourth-order valence-corrected chi connectivity index (χ4v) is 2.66. The van der Waals surface area contributed by atoms with Crippen LogP contribution in [0.15, 0.2) is 65.3 Å². The van der Waals surface area contributed by atoms with Crippen LogP contribution >= 0.6 is 12.4 Å². The minimum absolute atomic E-state index is 0. The number of fused-ring (bicyclic) bond motifs is 1. The molecule has 0 saturated heterocycles. The van der Waals surface area contributed by atoms with Crippen molar-refractivity contribution in [1.82, 2.24) is 4.90 Å². The summed E-state index contributed by atoms with van der Waals surface area (Å²) in [6.45, 7) is 1.43. The number of hydrogen-bond acceptors (Lipinski definition) is 4. The van der Waals surface area contributed by atoms with Crippen LogP contribution in [-0.2, 0) is 6.54 Å². The zero-order chi connectivity index (χ0) is 16.9. The van der Waals surface area contributed by atoms with E-state index in [1.54, 1.807) is 30.5 Å². The molecule has 0 aliphatic carbocycles. The van der Waals surface area contributed by atoms with Crippen molar-refractivity contribution in [3.63, 3.8) is 0 Å². The molecular formula is C19H19ClN2O3. The number of nitro benzene ring substituents is 1. The van der Waals surface area contributed by atoms with Crippen molar-refractivity contribution in [2.45, 2.75) is 6.54 Å². The van der Waals surface area contributed by atoms with Gasteiger partial charge in [-0.2, -0.15) is 0 Å². The van der Waals surface area contributed by atoms with Gasteiger partial charge < -0.3 is 4.42 Å². The Kier molecular flexibility index (Phi) is 6.33. The van der Waals surface area contributed by atoms with Crippen LogP contribution in [0, 0.1) is 10.1 Å². The third-order valence-corrected chi connectivity index (χ3v) is 3.85. The van der Waals surface area contributed by atoms with Gasteiger partial charge in [0.25, 0.3) is 5.69 Å². The molecule has 0 spiro atoms. The van der Waals surface area contributed by atoms with Gasteiger partial charge >= 0.3 is 0 Å². The van der Waals surface area contributed by atoms with E-state index in [0.29, 0.717) is 12.1 Å². The van der Waals surface area contributed by atoms with E-state index in [4.69, 9.17) is 4.42 Å². The van der Waals surface area contributed by atoms with E-state index >= 15 is 0 Å². The second-order valence-electron chi connectivity index (χ2n) is 5.67. The van der Waals surface area contributed by atoms with Crippen molar-refractivity contribution >= 4 is 35.1 Å². The second-order valence-corrected chi connectivity index (χ2v) is 5.67. The Morgan fingerprint density at radius 1 is 1.16 bits per heavy atom. The number of para-hydroxylation sites is 2. The first-order valence-corrected chi connectivity index (χ1v) is 7.69. The number of benzene rings is 2. The molecule has 0 amide bonds. The fraction of sp³-hybridized carbons (Fsp3) is 0.158. The summed E-state index contributed by atoms with van der Waals surface area (Å²) in [6, 6.07) is 14.7. The number of nitrogens with zero attached hydrogens (tertiary/aromatic N) is 2. The maximum absolute atomic E-state index is 11.0. The smallest absolute Gasteiger partial charge is 0.276 e. The number of halogens is 1. The zero-order valence-corrected chi connectivity index (χ0v) is 14.6. The molecule has 6 heteroatoms. The number of furan rings is 1. The molecule has 25 heavy (non-hydrogen) atoms. The monoisotopic (exact) mass is 358 g/mol. The van der Waals surface area contributed by atoms with Crippen LogP contribution in [-0.4, -0.2) is 23.4 Å². The Bertz CT molecular complexity index is 889. The van der Waals surface area contributed by atoms with Crippen LogP contribution in [0.1, 0.15) is 11.1 Å². The Morgan fingerprint density at radius 3 is 2.68 bits per heavy atom. The average Bonchev–Trinajstić information content (AvgIpc) is 2.98. The van der Waals surface area contributed by atoms with Crippen molar-refractivity contribution in [2.24, 2.45) is 0 Å². The highest BCUT2D eigenvalue weighted by Crippen LogP contribution is 2.22. The predicted molar refractivity (Wildman–Crippen MR) is 102 cm³/mol. The molecule has 0 radical (unpaired) electrons. The molecule has 1 aromatic heterocycles. The lowest BCUT2D eigenvalue weighted by Crippen LogP contribution is -2.17. The number of likely N-dealkylation sites (N-methyl/N-ethyl adjacent to an activating group) is 1. The standard InChI is InChI=1S/C19H18N2O3.ClH/c1-20(13-16-14-24-19-11-5-3-9-17(16)19)12-6-8-15-7-2-4-10-18(15)21(22)23;/h2-11,14H,12-13H2,1H3;1H/b8-6+;. The molecule has 0 atom stereocenters. The average molecular weight is 359 g/mol. The third-order valence-electron chi connectivity index (χ3n) is 3.85. The molecule has 0 N–H and O–H groups in total. The molecule has 3 rings (SSSR count). The van der Waals surface area contributed by atoms with Crippen LogP contribution in [0.2, 0.25) is 0 Å². The topological polar surface area (TPSA) is 59.5 Å². The maximum Gasteiger partial charge on any atom is 0.276 e. The number of hydrogen-bond donors (Lipinski definition) is 0. The lowest BCUT2D eigenvalue weighted by atomic mass is 10.1. The fourth-order valence-electron chi connectivity index (χ4n) is 2.66. The molecule has 0 unspecified atom stereocenters. The molecule has 1 heterocycles. The molecule has 3 aromatic rings. The largest absolute Gasteiger partial charge is 0.464 e. The van der Waals surface area contributed by atoms with Crippen molar-refractivity contribution in [2.75, 3.05) is 13.6 Å². The summed E-state index contributed by atoms with van der Waals surface area (Å²) >= 11 is 0. The highest BCUT2D eigenvalue weighted by atomic mass is 35.5. The Hall–Kier alpha value is -2.63. The van der Waals surface area contributed by atoms with Gasteiger partial charge in [-0.25, -0.2) is 0 Å². The SMILES string of the molecule is CN(C/C=C/c1ccccc1[N+](=O)[O-])Cc1coc2ccccc12.Cl. The van der Waals surface area contributed by atoms with Gasteiger partial charge in [-0.05, 0) is 19.2 Å². The summed E-state index contributed by atoms with van der Waals surface area (Å²) in [5.41, 5.74) is 2.76. The lowest BCUT2D eigenvalue weighted by molar-refractivity contribution is -0.385. The molecular weight excluding hydrogens is 340 g/mol. The van der Waals surface area contributed by atoms with Gasteiger partial charge in [-0.1, -0.05) is 42.5 Å². The van der Waals surface area contributed by atoms with Gasteiger partial charge in [0.2, 0.25) is 0 Å². The molecule has 2 aromatic carbocycles. The van der Waals surface area contributed by atoms with Gasteiger partial charge in [0, 0.05) is 30.1 Å². The first-order chi connectivity index (χ1) is 11.6. The highest BCUT2D eigenvalue weighted by molar-refractivity contribution is 5.85. The van der Waals surface area contributed by atoms with Gasteiger partial charge in [-0.15, -0.1) is 12.4 Å². The molecule has 0 aliphatic heterocycles. The summed E-state index contributed by atoms with van der Waals surface area (Å²) in [5.74, 6) is 0. The Morgan fingerprint density at radius 2 is 1.88 bits per heavy atom. The van der Waals surface area contributed by atoms with Crippen LogP contribution in [0.25, 0.3) is 17.0 Å². The van der Waals surface area contributed by atoms with E-state index in [0.717, 1.165) is 23.1 Å². The molecule has 5 nitrogen and oxygen atoms in total. The van der Waals surface area contributed by atoms with Gasteiger partial charge in [0.1, 0.15) is 5.58 Å². The molecule has 130 valence electrons. The quantitative estimate of drug-likeness (QED) is 0.464. The minimum Gasteiger partial charge on any atom is -0.464 e. The number of rotatable bonds is 6. The van der Waals surface area contributed by atoms with E-state index in [1.807, 2.05) is 37.4 Å². The summed E-state index contributed by atoms with van der Waals surface area (Å²) in [5, 5.41) is 12.1. The summed E-state index contributed by atoms with van der Waals surface area (Å²) < 4.78 is 5.55. The summed E-state index contributed by atoms with van der Waals surface area (Å²) in [7, 11) is 2.01. The van der Waals surface area contributed by atoms with Crippen molar-refractivity contribution in [3.05, 3.63) is 82.1 Å². The van der Waals surface area contributed by atoms with Crippen LogP contribution in [0.4, 0.5) is 5.69 Å². The molecule has 0 saturated carbocycles. The van der Waals surface area contributed by atoms with Crippen molar-refractivity contribution < 1.29 is 9.34 Å². The van der Waals surface area contributed by atoms with Crippen molar-refractivity contribution in [1.29, 1.82) is 0 Å².